The van der Waals surface area contributed by atoms with E-state index in [1.165, 1.54) is 0 Å². The average molecular weight is 229 g/mol. The van der Waals surface area contributed by atoms with E-state index in [0.29, 0.717) is 0 Å². The molecule has 7 N–H and O–H groups in total. The molecule has 0 spiro atoms. The normalized spacial score (nSPS) is 13.4. The highest BCUT2D eigenvalue weighted by Crippen LogP contribution is 2.32. The lowest BCUT2D eigenvalue weighted by Gasteiger charge is -2.26. The van der Waals surface area contributed by atoms with Crippen LogP contribution in [0.2, 0.25) is 0 Å². The molecule has 7 nitrogen and oxygen atoms in total. The first-order valence-corrected chi connectivity index (χ1v) is 4.22. The van der Waals surface area contributed by atoms with Crippen LogP contribution in [0.25, 0.3) is 0 Å². The number of carboxylic acid groups (broad SMARTS) is 1. The van der Waals surface area contributed by atoms with Crippen molar-refractivity contribution in [1.82, 2.24) is 0 Å². The highest BCUT2D eigenvalue weighted by molar-refractivity contribution is 5.75. The summed E-state index contributed by atoms with van der Waals surface area (Å²) < 4.78 is 0. The third-order valence-corrected chi connectivity index (χ3v) is 2.08. The Labute approximate surface area is 90.0 Å². The van der Waals surface area contributed by atoms with Crippen molar-refractivity contribution in [2.45, 2.75) is 11.8 Å². The van der Waals surface area contributed by atoms with Gasteiger partial charge >= 0.3 is 5.97 Å². The maximum Gasteiger partial charge on any atom is 0.326 e. The molecule has 0 heterocycles. The van der Waals surface area contributed by atoms with Crippen molar-refractivity contribution in [3.8, 4) is 11.5 Å². The van der Waals surface area contributed by atoms with Gasteiger partial charge in [0.2, 0.25) is 5.79 Å². The number of rotatable bonds is 3. The lowest BCUT2D eigenvalue weighted by molar-refractivity contribution is -0.197. The smallest absolute Gasteiger partial charge is 0.326 e. The number of hydrogen-bond acceptors (Lipinski definition) is 6. The van der Waals surface area contributed by atoms with Crippen molar-refractivity contribution in [2.24, 2.45) is 5.73 Å². The van der Waals surface area contributed by atoms with E-state index in [4.69, 9.17) is 15.9 Å². The van der Waals surface area contributed by atoms with Gasteiger partial charge in [0.15, 0.2) is 6.04 Å². The monoisotopic (exact) mass is 229 g/mol. The molecule has 1 rings (SSSR count). The predicted octanol–water partition coefficient (Wildman–Crippen LogP) is -1.35. The molecule has 0 aromatic heterocycles. The Bertz CT molecular complexity index is 416. The van der Waals surface area contributed by atoms with Crippen molar-refractivity contribution >= 4 is 5.97 Å². The molecule has 1 aromatic rings. The van der Waals surface area contributed by atoms with Gasteiger partial charge in [0.25, 0.3) is 0 Å². The average Bonchev–Trinajstić information content (AvgIpc) is 2.15. The van der Waals surface area contributed by atoms with E-state index >= 15 is 0 Å². The van der Waals surface area contributed by atoms with E-state index in [2.05, 4.69) is 0 Å². The van der Waals surface area contributed by atoms with Gasteiger partial charge in [-0.15, -0.1) is 0 Å². The molecule has 7 heteroatoms. The van der Waals surface area contributed by atoms with E-state index in [1.54, 1.807) is 0 Å². The zero-order chi connectivity index (χ0) is 12.5. The van der Waals surface area contributed by atoms with Gasteiger partial charge in [-0.2, -0.15) is 0 Å². The minimum atomic E-state index is -2.93. The second kappa shape index (κ2) is 3.97. The van der Waals surface area contributed by atoms with Gasteiger partial charge in [-0.3, -0.25) is 4.79 Å². The van der Waals surface area contributed by atoms with Crippen molar-refractivity contribution in [3.63, 3.8) is 0 Å². The first-order valence-electron chi connectivity index (χ1n) is 4.22. The Balaban J connectivity index is 3.21. The lowest BCUT2D eigenvalue weighted by Crippen LogP contribution is -2.50. The van der Waals surface area contributed by atoms with Crippen LogP contribution in [0.4, 0.5) is 0 Å². The summed E-state index contributed by atoms with van der Waals surface area (Å²) in [4.78, 5) is 10.5. The van der Waals surface area contributed by atoms with Crippen LogP contribution in [0.15, 0.2) is 18.2 Å². The maximum absolute atomic E-state index is 10.5. The van der Waals surface area contributed by atoms with Gasteiger partial charge in [-0.1, -0.05) is 0 Å². The third-order valence-electron chi connectivity index (χ3n) is 2.08. The van der Waals surface area contributed by atoms with Gasteiger partial charge < -0.3 is 31.3 Å². The standard InChI is InChI=1S/C9H11NO6/c10-7(8(13)14)9(15,16)5-2-1-4(11)3-6(5)12/h1-3,7,11-12,15-16H,10H2,(H,13,14). The molecule has 1 aromatic carbocycles. The van der Waals surface area contributed by atoms with Crippen LogP contribution in [0.5, 0.6) is 11.5 Å². The fraction of sp³-hybridized carbons (Fsp3) is 0.222. The molecular weight excluding hydrogens is 218 g/mol. The Kier molecular flexibility index (Phi) is 3.04. The number of carboxylic acids is 1. The number of nitrogens with two attached hydrogens (primary N) is 1. The molecular formula is C9H11NO6. The van der Waals surface area contributed by atoms with Crippen LogP contribution >= 0.6 is 0 Å². The van der Waals surface area contributed by atoms with E-state index < -0.39 is 29.1 Å². The molecule has 0 radical (unpaired) electrons. The quantitative estimate of drug-likeness (QED) is 0.351. The summed E-state index contributed by atoms with van der Waals surface area (Å²) in [5.41, 5.74) is 4.56. The van der Waals surface area contributed by atoms with Gasteiger partial charge in [0.1, 0.15) is 11.5 Å². The molecule has 1 atom stereocenters. The number of benzene rings is 1. The second-order valence-corrected chi connectivity index (χ2v) is 3.24. The molecule has 0 saturated carbocycles. The van der Waals surface area contributed by atoms with Crippen molar-refractivity contribution in [2.75, 3.05) is 0 Å². The van der Waals surface area contributed by atoms with Gasteiger partial charge in [0, 0.05) is 6.07 Å². The summed E-state index contributed by atoms with van der Waals surface area (Å²) in [5.74, 6) is -5.54. The largest absolute Gasteiger partial charge is 0.508 e. The van der Waals surface area contributed by atoms with Crippen LogP contribution in [-0.4, -0.2) is 37.5 Å². The van der Waals surface area contributed by atoms with Crippen LogP contribution in [0.1, 0.15) is 5.56 Å². The zero-order valence-corrected chi connectivity index (χ0v) is 8.03. The van der Waals surface area contributed by atoms with Gasteiger partial charge in [-0.05, 0) is 12.1 Å². The van der Waals surface area contributed by atoms with Crippen molar-refractivity contribution in [3.05, 3.63) is 23.8 Å². The van der Waals surface area contributed by atoms with Crippen LogP contribution in [0.3, 0.4) is 0 Å². The second-order valence-electron chi connectivity index (χ2n) is 3.24. The van der Waals surface area contributed by atoms with Gasteiger partial charge in [0.05, 0.1) is 5.56 Å². The number of aromatic hydroxyl groups is 2. The fourth-order valence-corrected chi connectivity index (χ4v) is 1.17. The molecule has 0 bridgehead atoms. The molecule has 0 aliphatic heterocycles. The molecule has 0 amide bonds. The van der Waals surface area contributed by atoms with Gasteiger partial charge in [-0.25, -0.2) is 0 Å². The number of aliphatic carboxylic acids is 1. The van der Waals surface area contributed by atoms with Crippen molar-refractivity contribution in [1.29, 1.82) is 0 Å². The number of carbonyl (C=O) groups is 1. The molecule has 88 valence electrons. The van der Waals surface area contributed by atoms with Crippen LogP contribution < -0.4 is 5.73 Å². The molecule has 0 fully saturated rings. The molecule has 0 aliphatic carbocycles. The predicted molar refractivity (Wildman–Crippen MR) is 51.5 cm³/mol. The van der Waals surface area contributed by atoms with Crippen molar-refractivity contribution < 1.29 is 30.3 Å². The summed E-state index contributed by atoms with van der Waals surface area (Å²) in [6.07, 6.45) is 0. The van der Waals surface area contributed by atoms with E-state index in [9.17, 15) is 20.1 Å². The number of aliphatic hydroxyl groups is 2. The third kappa shape index (κ3) is 2.06. The first kappa shape index (κ1) is 12.2. The topological polar surface area (TPSA) is 144 Å². The lowest BCUT2D eigenvalue weighted by atomic mass is 9.97. The molecule has 0 saturated heterocycles. The van der Waals surface area contributed by atoms with Crippen LogP contribution in [0, 0.1) is 0 Å². The van der Waals surface area contributed by atoms with Crippen LogP contribution in [-0.2, 0) is 10.6 Å². The Hall–Kier alpha value is -1.83. The minimum Gasteiger partial charge on any atom is -0.508 e. The number of hydrogen-bond donors (Lipinski definition) is 6. The SMILES string of the molecule is NC(C(=O)O)C(O)(O)c1ccc(O)cc1O. The first-order chi connectivity index (χ1) is 7.26. The fourth-order valence-electron chi connectivity index (χ4n) is 1.17. The summed E-state index contributed by atoms with van der Waals surface area (Å²) >= 11 is 0. The summed E-state index contributed by atoms with van der Waals surface area (Å²) in [5, 5.41) is 45.9. The van der Waals surface area contributed by atoms with E-state index in [0.717, 1.165) is 18.2 Å². The summed E-state index contributed by atoms with van der Waals surface area (Å²) in [6, 6.07) is 0.839. The minimum absolute atomic E-state index is 0.305. The summed E-state index contributed by atoms with van der Waals surface area (Å²) in [7, 11) is 0. The van der Waals surface area contributed by atoms with E-state index in [1.807, 2.05) is 0 Å². The molecule has 16 heavy (non-hydrogen) atoms. The maximum atomic E-state index is 10.5. The van der Waals surface area contributed by atoms with E-state index in [-0.39, 0.29) is 5.75 Å². The highest BCUT2D eigenvalue weighted by atomic mass is 16.5. The molecule has 0 aliphatic rings. The highest BCUT2D eigenvalue weighted by Gasteiger charge is 2.40. The Morgan fingerprint density at radius 1 is 1.31 bits per heavy atom. The Morgan fingerprint density at radius 2 is 1.88 bits per heavy atom. The zero-order valence-electron chi connectivity index (χ0n) is 8.03. The number of phenolic OH excluding ortho intramolecular Hbond substituents is 2. The number of phenols is 2. The molecule has 1 unspecified atom stereocenters. The summed E-state index contributed by atoms with van der Waals surface area (Å²) in [6.45, 7) is 0. The Morgan fingerprint density at radius 3 is 2.31 bits per heavy atom.